The average Bonchev–Trinajstić information content (AvgIpc) is 3.53. The first-order valence-corrected chi connectivity index (χ1v) is 12.1. The molecule has 2 saturated heterocycles. The van der Waals surface area contributed by atoms with Crippen molar-refractivity contribution < 1.29 is 28.1 Å². The van der Waals surface area contributed by atoms with Gasteiger partial charge in [0.05, 0.1) is 31.4 Å². The van der Waals surface area contributed by atoms with Crippen LogP contribution in [0.25, 0.3) is 0 Å². The van der Waals surface area contributed by atoms with Crippen LogP contribution in [0.4, 0.5) is 19.0 Å². The fraction of sp³-hybridized carbons (Fsp3) is 0.636. The molecule has 0 radical (unpaired) electrons. The van der Waals surface area contributed by atoms with Gasteiger partial charge in [0.25, 0.3) is 0 Å². The van der Waals surface area contributed by atoms with Gasteiger partial charge in [-0.2, -0.15) is 0 Å². The van der Waals surface area contributed by atoms with Gasteiger partial charge in [-0.25, -0.2) is 14.9 Å². The highest BCUT2D eigenvalue weighted by Crippen LogP contribution is 2.56. The van der Waals surface area contributed by atoms with E-state index in [1.54, 1.807) is 17.2 Å². The summed E-state index contributed by atoms with van der Waals surface area (Å²) in [6, 6.07) is -0.412. The SMILES string of the molecule is O[C@@H]1[C@@H](COC(F)(F)F)C[C@@H](n2cnc3c2N=CN2C3N([C@H]3CCNC3)C23C=C(Cl)C=CC3)[C@@H]1O. The zero-order valence-corrected chi connectivity index (χ0v) is 19.4. The number of nitrogens with one attached hydrogen (secondary N) is 1. The van der Waals surface area contributed by atoms with Crippen LogP contribution in [0.2, 0.25) is 0 Å². The number of aliphatic imine (C=N–C) groups is 1. The number of aliphatic hydroxyl groups is 2. The fourth-order valence-electron chi connectivity index (χ4n) is 6.27. The second-order valence-corrected chi connectivity index (χ2v) is 10.2. The number of alkyl halides is 3. The Morgan fingerprint density at radius 2 is 2.11 bits per heavy atom. The van der Waals surface area contributed by atoms with Crippen LogP contribution in [0.3, 0.4) is 0 Å². The molecule has 1 spiro atoms. The molecule has 0 bridgehead atoms. The lowest BCUT2D eigenvalue weighted by Gasteiger charge is -2.67. The third kappa shape index (κ3) is 3.65. The van der Waals surface area contributed by atoms with Crippen LogP contribution in [-0.4, -0.2) is 85.9 Å². The Hall–Kier alpha value is -1.96. The van der Waals surface area contributed by atoms with Gasteiger partial charge < -0.3 is 25.0 Å². The van der Waals surface area contributed by atoms with Crippen molar-refractivity contribution in [3.05, 3.63) is 35.3 Å². The van der Waals surface area contributed by atoms with Crippen molar-refractivity contribution in [3.63, 3.8) is 0 Å². The molecule has 1 aromatic heterocycles. The van der Waals surface area contributed by atoms with Crippen LogP contribution in [0.15, 0.2) is 34.6 Å². The van der Waals surface area contributed by atoms with E-state index in [-0.39, 0.29) is 18.6 Å². The number of aliphatic hydroxyl groups excluding tert-OH is 2. The van der Waals surface area contributed by atoms with E-state index in [4.69, 9.17) is 11.6 Å². The molecule has 0 amide bonds. The molecule has 1 saturated carbocycles. The second kappa shape index (κ2) is 8.29. The van der Waals surface area contributed by atoms with Crippen LogP contribution in [0, 0.1) is 5.92 Å². The summed E-state index contributed by atoms with van der Waals surface area (Å²) in [4.78, 5) is 13.8. The van der Waals surface area contributed by atoms with Crippen molar-refractivity contribution in [2.24, 2.45) is 10.9 Å². The van der Waals surface area contributed by atoms with Gasteiger partial charge >= 0.3 is 6.36 Å². The molecule has 5 aliphatic rings. The minimum atomic E-state index is -4.80. The van der Waals surface area contributed by atoms with Crippen molar-refractivity contribution >= 4 is 23.8 Å². The molecule has 1 aromatic rings. The summed E-state index contributed by atoms with van der Waals surface area (Å²) < 4.78 is 43.2. The predicted octanol–water partition coefficient (Wildman–Crippen LogP) is 2.13. The minimum Gasteiger partial charge on any atom is -0.390 e. The summed E-state index contributed by atoms with van der Waals surface area (Å²) in [5.41, 5.74) is 0.266. The van der Waals surface area contributed by atoms with E-state index in [1.165, 1.54) is 0 Å². The number of hydrogen-bond donors (Lipinski definition) is 3. The topological polar surface area (TPSA) is 98.4 Å². The maximum absolute atomic E-state index is 12.5. The summed E-state index contributed by atoms with van der Waals surface area (Å²) in [7, 11) is 0. The van der Waals surface area contributed by atoms with Gasteiger partial charge in [-0.3, -0.25) is 4.74 Å². The molecule has 3 aliphatic heterocycles. The Balaban J connectivity index is 1.30. The Kier molecular flexibility index (Phi) is 5.55. The first kappa shape index (κ1) is 23.4. The van der Waals surface area contributed by atoms with E-state index < -0.39 is 42.8 Å². The van der Waals surface area contributed by atoms with Crippen molar-refractivity contribution in [2.75, 3.05) is 19.7 Å². The Morgan fingerprint density at radius 1 is 1.29 bits per heavy atom. The Bertz CT molecular complexity index is 1090. The van der Waals surface area contributed by atoms with E-state index in [0.717, 1.165) is 25.9 Å². The van der Waals surface area contributed by atoms with Gasteiger partial charge in [-0.05, 0) is 31.5 Å². The summed E-state index contributed by atoms with van der Waals surface area (Å²) in [5.74, 6) is -0.333. The molecule has 190 valence electrons. The second-order valence-electron chi connectivity index (χ2n) is 9.76. The molecule has 2 unspecified atom stereocenters. The maximum Gasteiger partial charge on any atom is 0.522 e. The van der Waals surface area contributed by atoms with Gasteiger partial charge in [-0.15, -0.1) is 13.2 Å². The molecule has 7 atom stereocenters. The standard InChI is InChI=1S/C22H26ClF3N6O3/c23-13-2-1-4-21(7-13)31-11-29-19-16(20(31)32(21)14-3-5-27-8-14)28-10-30(19)15-6-12(17(33)18(15)34)9-35-22(24,25)26/h1-2,7,10-12,14-15,17-18,20,27,33-34H,3-6,8-9H2/t12-,14+,15-,17-,18+,20?,21?/m1/s1. The van der Waals surface area contributed by atoms with Crippen molar-refractivity contribution in [2.45, 2.75) is 61.7 Å². The minimum absolute atomic E-state index is 0.106. The molecule has 0 aromatic carbocycles. The summed E-state index contributed by atoms with van der Waals surface area (Å²) in [6.45, 7) is 1.03. The van der Waals surface area contributed by atoms with Gasteiger partial charge in [0.15, 0.2) is 5.82 Å². The zero-order valence-electron chi connectivity index (χ0n) is 18.6. The predicted molar refractivity (Wildman–Crippen MR) is 120 cm³/mol. The van der Waals surface area contributed by atoms with E-state index in [9.17, 15) is 23.4 Å². The number of rotatable bonds is 4. The molecule has 3 fully saturated rings. The van der Waals surface area contributed by atoms with Gasteiger partial charge in [0, 0.05) is 30.0 Å². The van der Waals surface area contributed by atoms with Crippen molar-refractivity contribution in [1.82, 2.24) is 24.7 Å². The fourth-order valence-corrected chi connectivity index (χ4v) is 6.54. The van der Waals surface area contributed by atoms with Crippen LogP contribution in [0.5, 0.6) is 0 Å². The highest BCUT2D eigenvalue weighted by atomic mass is 35.5. The summed E-state index contributed by atoms with van der Waals surface area (Å²) in [6.07, 6.45) is 3.51. The van der Waals surface area contributed by atoms with Gasteiger partial charge in [0.2, 0.25) is 0 Å². The quantitative estimate of drug-likeness (QED) is 0.566. The monoisotopic (exact) mass is 514 g/mol. The molecular formula is C22H26ClF3N6O3. The molecule has 13 heteroatoms. The first-order valence-electron chi connectivity index (χ1n) is 11.7. The van der Waals surface area contributed by atoms with E-state index in [2.05, 4.69) is 35.9 Å². The molecule has 3 N–H and O–H groups in total. The number of nitrogens with zero attached hydrogens (tertiary/aromatic N) is 5. The average molecular weight is 515 g/mol. The Morgan fingerprint density at radius 3 is 2.83 bits per heavy atom. The number of hydrogen-bond acceptors (Lipinski definition) is 8. The van der Waals surface area contributed by atoms with Crippen molar-refractivity contribution in [1.29, 1.82) is 0 Å². The van der Waals surface area contributed by atoms with Crippen LogP contribution < -0.4 is 5.32 Å². The van der Waals surface area contributed by atoms with E-state index in [0.29, 0.717) is 16.5 Å². The summed E-state index contributed by atoms with van der Waals surface area (Å²) in [5, 5.41) is 25.1. The van der Waals surface area contributed by atoms with Gasteiger partial charge in [0.1, 0.15) is 23.6 Å². The molecule has 2 aliphatic carbocycles. The number of aromatic nitrogens is 2. The molecule has 9 nitrogen and oxygen atoms in total. The molecular weight excluding hydrogens is 489 g/mol. The molecule has 6 rings (SSSR count). The smallest absolute Gasteiger partial charge is 0.390 e. The largest absolute Gasteiger partial charge is 0.522 e. The number of allylic oxidation sites excluding steroid dienone is 2. The normalized spacial score (nSPS) is 38.6. The zero-order chi connectivity index (χ0) is 24.5. The number of imidazole rings is 1. The lowest BCUT2D eigenvalue weighted by molar-refractivity contribution is -0.329. The van der Waals surface area contributed by atoms with Crippen LogP contribution >= 0.6 is 11.6 Å². The number of ether oxygens (including phenoxy) is 1. The third-order valence-corrected chi connectivity index (χ3v) is 8.08. The van der Waals surface area contributed by atoms with E-state index in [1.807, 2.05) is 12.2 Å². The van der Waals surface area contributed by atoms with Gasteiger partial charge in [-0.1, -0.05) is 17.7 Å². The summed E-state index contributed by atoms with van der Waals surface area (Å²) >= 11 is 6.41. The number of halogens is 4. The van der Waals surface area contributed by atoms with E-state index >= 15 is 0 Å². The van der Waals surface area contributed by atoms with Crippen molar-refractivity contribution in [3.8, 4) is 0 Å². The maximum atomic E-state index is 12.5. The van der Waals surface area contributed by atoms with Crippen LogP contribution in [-0.2, 0) is 4.74 Å². The molecule has 35 heavy (non-hydrogen) atoms. The lowest BCUT2D eigenvalue weighted by atomic mass is 9.85. The highest BCUT2D eigenvalue weighted by Gasteiger charge is 2.62. The highest BCUT2D eigenvalue weighted by molar-refractivity contribution is 6.31. The number of fused-ring (bicyclic) bond motifs is 4. The molecule has 4 heterocycles. The Labute approximate surface area is 204 Å². The first-order chi connectivity index (χ1) is 16.7. The third-order valence-electron chi connectivity index (χ3n) is 7.85. The van der Waals surface area contributed by atoms with Crippen LogP contribution in [0.1, 0.15) is 37.2 Å². The lowest BCUT2D eigenvalue weighted by Crippen LogP contribution is -2.77.